The van der Waals surface area contributed by atoms with Crippen LogP contribution >= 0.6 is 35.3 Å². The maximum Gasteiger partial charge on any atom is 0.230 e. The summed E-state index contributed by atoms with van der Waals surface area (Å²) in [5.74, 6) is 0.348. The molecule has 0 saturated heterocycles. The van der Waals surface area contributed by atoms with E-state index in [1.807, 2.05) is 42.5 Å². The van der Waals surface area contributed by atoms with Crippen molar-refractivity contribution in [3.05, 3.63) is 69.7 Å². The zero-order chi connectivity index (χ0) is 18.4. The number of nitrogens with one attached hydrogen (secondary N) is 1. The summed E-state index contributed by atoms with van der Waals surface area (Å²) in [4.78, 5) is 12.1. The normalized spacial score (nSPS) is 10.7. The van der Waals surface area contributed by atoms with E-state index in [-0.39, 0.29) is 5.91 Å². The summed E-state index contributed by atoms with van der Waals surface area (Å²) in [5, 5.41) is 7.47. The van der Waals surface area contributed by atoms with Crippen LogP contribution in [0.15, 0.2) is 58.9 Å². The number of thioether (sulfide) groups is 1. The molecule has 1 N–H and O–H groups in total. The molecule has 0 saturated carbocycles. The van der Waals surface area contributed by atoms with Crippen molar-refractivity contribution >= 4 is 41.2 Å². The number of hydrogen-bond donors (Lipinski definition) is 1. The predicted octanol–water partition coefficient (Wildman–Crippen LogP) is 4.42. The van der Waals surface area contributed by atoms with E-state index in [4.69, 9.17) is 12.2 Å². The highest BCUT2D eigenvalue weighted by Crippen LogP contribution is 2.23. The van der Waals surface area contributed by atoms with E-state index in [9.17, 15) is 4.79 Å². The molecule has 26 heavy (non-hydrogen) atoms. The van der Waals surface area contributed by atoms with Gasteiger partial charge < -0.3 is 5.32 Å². The third-order valence-corrected chi connectivity index (χ3v) is 6.20. The van der Waals surface area contributed by atoms with Crippen molar-refractivity contribution in [1.29, 1.82) is 0 Å². The van der Waals surface area contributed by atoms with Crippen molar-refractivity contribution in [1.82, 2.24) is 15.1 Å². The molecule has 0 aliphatic heterocycles. The molecular formula is C19H19N3OS3. The van der Waals surface area contributed by atoms with E-state index < -0.39 is 0 Å². The SMILES string of the molecule is Cc1ccccc1CCNC(=O)CSc1nn(-c2ccccc2)c(=S)s1. The highest BCUT2D eigenvalue weighted by molar-refractivity contribution is 8.01. The summed E-state index contributed by atoms with van der Waals surface area (Å²) in [6.07, 6.45) is 0.838. The van der Waals surface area contributed by atoms with Gasteiger partial charge in [0.2, 0.25) is 5.91 Å². The van der Waals surface area contributed by atoms with Crippen molar-refractivity contribution in [2.24, 2.45) is 0 Å². The van der Waals surface area contributed by atoms with E-state index >= 15 is 0 Å². The second-order valence-electron chi connectivity index (χ2n) is 5.70. The number of carbonyl (C=O) groups is 1. The van der Waals surface area contributed by atoms with Crippen molar-refractivity contribution < 1.29 is 4.79 Å². The van der Waals surface area contributed by atoms with Gasteiger partial charge in [0.05, 0.1) is 11.4 Å². The number of para-hydroxylation sites is 1. The molecule has 0 atom stereocenters. The van der Waals surface area contributed by atoms with Gasteiger partial charge in [-0.1, -0.05) is 65.6 Å². The maximum absolute atomic E-state index is 12.1. The Balaban J connectivity index is 1.49. The maximum atomic E-state index is 12.1. The second kappa shape index (κ2) is 9.12. The average Bonchev–Trinajstić information content (AvgIpc) is 3.03. The van der Waals surface area contributed by atoms with Crippen LogP contribution in [0.3, 0.4) is 0 Å². The third kappa shape index (κ3) is 5.03. The van der Waals surface area contributed by atoms with Crippen LogP contribution in [0, 0.1) is 10.9 Å². The predicted molar refractivity (Wildman–Crippen MR) is 111 cm³/mol. The first-order valence-corrected chi connectivity index (χ1v) is 10.4. The summed E-state index contributed by atoms with van der Waals surface area (Å²) < 4.78 is 3.21. The van der Waals surface area contributed by atoms with Crippen LogP contribution in [0.25, 0.3) is 5.69 Å². The van der Waals surface area contributed by atoms with Gasteiger partial charge in [-0.05, 0) is 48.8 Å². The van der Waals surface area contributed by atoms with Crippen LogP contribution < -0.4 is 5.32 Å². The van der Waals surface area contributed by atoms with E-state index in [1.165, 1.54) is 34.2 Å². The Morgan fingerprint density at radius 3 is 2.69 bits per heavy atom. The topological polar surface area (TPSA) is 46.9 Å². The Labute approximate surface area is 166 Å². The summed E-state index contributed by atoms with van der Waals surface area (Å²) in [6, 6.07) is 18.0. The number of aromatic nitrogens is 2. The molecule has 3 rings (SSSR count). The number of benzene rings is 2. The lowest BCUT2D eigenvalue weighted by Gasteiger charge is -2.07. The van der Waals surface area contributed by atoms with Crippen LogP contribution in [0.1, 0.15) is 11.1 Å². The van der Waals surface area contributed by atoms with Gasteiger partial charge in [-0.25, -0.2) is 4.68 Å². The van der Waals surface area contributed by atoms with Gasteiger partial charge in [0.1, 0.15) is 0 Å². The first-order valence-electron chi connectivity index (χ1n) is 8.23. The molecule has 1 amide bonds. The molecule has 3 aromatic rings. The van der Waals surface area contributed by atoms with Crippen molar-refractivity contribution in [3.63, 3.8) is 0 Å². The molecule has 4 nitrogen and oxygen atoms in total. The zero-order valence-electron chi connectivity index (χ0n) is 14.3. The van der Waals surface area contributed by atoms with Crippen molar-refractivity contribution in [3.8, 4) is 5.69 Å². The van der Waals surface area contributed by atoms with Crippen molar-refractivity contribution in [2.75, 3.05) is 12.3 Å². The van der Waals surface area contributed by atoms with Crippen molar-refractivity contribution in [2.45, 2.75) is 17.7 Å². The molecule has 134 valence electrons. The lowest BCUT2D eigenvalue weighted by molar-refractivity contribution is -0.118. The van der Waals surface area contributed by atoms with Crippen LogP contribution in [0.4, 0.5) is 0 Å². The van der Waals surface area contributed by atoms with E-state index in [1.54, 1.807) is 4.68 Å². The van der Waals surface area contributed by atoms with Gasteiger partial charge in [0.25, 0.3) is 0 Å². The first-order chi connectivity index (χ1) is 12.6. The van der Waals surface area contributed by atoms with E-state index in [2.05, 4.69) is 29.5 Å². The smallest absolute Gasteiger partial charge is 0.230 e. The Morgan fingerprint density at radius 2 is 1.92 bits per heavy atom. The Kier molecular flexibility index (Phi) is 6.60. The summed E-state index contributed by atoms with van der Waals surface area (Å²) in [7, 11) is 0. The second-order valence-corrected chi connectivity index (χ2v) is 8.54. The first kappa shape index (κ1) is 18.8. The molecule has 2 aromatic carbocycles. The van der Waals surface area contributed by atoms with Crippen LogP contribution in [0.2, 0.25) is 0 Å². The largest absolute Gasteiger partial charge is 0.355 e. The number of rotatable bonds is 7. The summed E-state index contributed by atoms with van der Waals surface area (Å²) in [5.41, 5.74) is 3.45. The number of carbonyl (C=O) groups excluding carboxylic acids is 1. The average molecular weight is 402 g/mol. The van der Waals surface area contributed by atoms with Crippen LogP contribution in [-0.2, 0) is 11.2 Å². The fourth-order valence-electron chi connectivity index (χ4n) is 2.46. The number of hydrogen-bond acceptors (Lipinski definition) is 5. The van der Waals surface area contributed by atoms with Gasteiger partial charge in [-0.2, -0.15) is 0 Å². The number of nitrogens with zero attached hydrogens (tertiary/aromatic N) is 2. The molecule has 0 aliphatic carbocycles. The fraction of sp³-hybridized carbons (Fsp3) is 0.211. The highest BCUT2D eigenvalue weighted by atomic mass is 32.2. The van der Waals surface area contributed by atoms with Gasteiger partial charge in [-0.3, -0.25) is 4.79 Å². The summed E-state index contributed by atoms with van der Waals surface area (Å²) >= 11 is 8.22. The van der Waals surface area contributed by atoms with Crippen LogP contribution in [0.5, 0.6) is 0 Å². The minimum absolute atomic E-state index is 0.0102. The quantitative estimate of drug-likeness (QED) is 0.470. The molecule has 0 bridgehead atoms. The Bertz CT molecular complexity index is 934. The fourth-order valence-corrected chi connectivity index (χ4v) is 4.65. The molecule has 0 spiro atoms. The Morgan fingerprint density at radius 1 is 1.19 bits per heavy atom. The zero-order valence-corrected chi connectivity index (χ0v) is 16.8. The van der Waals surface area contributed by atoms with E-state index in [0.29, 0.717) is 16.3 Å². The van der Waals surface area contributed by atoms with Gasteiger partial charge in [0.15, 0.2) is 8.29 Å². The third-order valence-electron chi connectivity index (χ3n) is 3.83. The minimum Gasteiger partial charge on any atom is -0.355 e. The van der Waals surface area contributed by atoms with Gasteiger partial charge in [-0.15, -0.1) is 5.10 Å². The van der Waals surface area contributed by atoms with Crippen LogP contribution in [-0.4, -0.2) is 28.0 Å². The lowest BCUT2D eigenvalue weighted by Crippen LogP contribution is -2.27. The number of amides is 1. The molecule has 0 radical (unpaired) electrons. The molecule has 0 aliphatic rings. The lowest BCUT2D eigenvalue weighted by atomic mass is 10.1. The minimum atomic E-state index is 0.0102. The highest BCUT2D eigenvalue weighted by Gasteiger charge is 2.09. The molecule has 7 heteroatoms. The molecule has 1 aromatic heterocycles. The monoisotopic (exact) mass is 401 g/mol. The molecule has 1 heterocycles. The van der Waals surface area contributed by atoms with Gasteiger partial charge >= 0.3 is 0 Å². The van der Waals surface area contributed by atoms with E-state index in [0.717, 1.165) is 16.4 Å². The standard InChI is InChI=1S/C19H19N3OS3/c1-14-7-5-6-8-15(14)11-12-20-17(23)13-25-18-21-22(19(24)26-18)16-9-3-2-4-10-16/h2-10H,11-13H2,1H3,(H,20,23). The number of aryl methyl sites for hydroxylation is 1. The van der Waals surface area contributed by atoms with Gasteiger partial charge in [0, 0.05) is 6.54 Å². The Hall–Kier alpha value is -1.96. The molecule has 0 unspecified atom stereocenters. The molecule has 0 fully saturated rings. The summed E-state index contributed by atoms with van der Waals surface area (Å²) in [6.45, 7) is 2.72. The molecular weight excluding hydrogens is 382 g/mol.